The molecule has 0 amide bonds. The van der Waals surface area contributed by atoms with Crippen LogP contribution in [-0.2, 0) is 16.0 Å². The molecule has 19 heavy (non-hydrogen) atoms. The minimum absolute atomic E-state index is 0.184. The van der Waals surface area contributed by atoms with Crippen molar-refractivity contribution in [2.24, 2.45) is 0 Å². The van der Waals surface area contributed by atoms with E-state index in [1.165, 1.54) is 33.0 Å². The van der Waals surface area contributed by atoms with Gasteiger partial charge in [-0.05, 0) is 25.9 Å². The predicted octanol–water partition coefficient (Wildman–Crippen LogP) is 1.76. The van der Waals surface area contributed by atoms with Gasteiger partial charge in [0.15, 0.2) is 5.13 Å². The third-order valence-corrected chi connectivity index (χ3v) is 4.12. The van der Waals surface area contributed by atoms with E-state index in [-0.39, 0.29) is 5.97 Å². The summed E-state index contributed by atoms with van der Waals surface area (Å²) in [5.41, 5.74) is 0.957. The number of carbonyl (C=O) groups excluding carboxylic acids is 1. The Hall–Kier alpha value is -1.14. The lowest BCUT2D eigenvalue weighted by atomic mass is 10.2. The summed E-state index contributed by atoms with van der Waals surface area (Å²) in [7, 11) is 1.41. The lowest BCUT2D eigenvalue weighted by Crippen LogP contribution is -2.25. The number of nitrogens with zero attached hydrogens (tertiary/aromatic N) is 2. The van der Waals surface area contributed by atoms with Crippen molar-refractivity contribution in [1.82, 2.24) is 9.88 Å². The average molecular weight is 283 g/mol. The normalized spacial score (nSPS) is 15.6. The van der Waals surface area contributed by atoms with Crippen LogP contribution < -0.4 is 5.32 Å². The molecule has 1 N–H and O–H groups in total. The first-order valence-corrected chi connectivity index (χ1v) is 7.63. The highest BCUT2D eigenvalue weighted by Gasteiger charge is 2.11. The zero-order valence-corrected chi connectivity index (χ0v) is 12.2. The molecule has 1 aliphatic rings. The highest BCUT2D eigenvalue weighted by molar-refractivity contribution is 7.13. The Labute approximate surface area is 118 Å². The summed E-state index contributed by atoms with van der Waals surface area (Å²) in [4.78, 5) is 18.0. The summed E-state index contributed by atoms with van der Waals surface area (Å²) >= 11 is 1.60. The zero-order valence-electron chi connectivity index (χ0n) is 11.4. The van der Waals surface area contributed by atoms with Crippen molar-refractivity contribution in [2.75, 3.05) is 38.6 Å². The molecule has 1 fully saturated rings. The van der Waals surface area contributed by atoms with Gasteiger partial charge in [-0.15, -0.1) is 11.3 Å². The Balaban J connectivity index is 1.66. The van der Waals surface area contributed by atoms with Gasteiger partial charge in [0.05, 0.1) is 19.2 Å². The number of hydrogen-bond acceptors (Lipinski definition) is 6. The van der Waals surface area contributed by atoms with Gasteiger partial charge < -0.3 is 15.0 Å². The van der Waals surface area contributed by atoms with Crippen LogP contribution in [0.15, 0.2) is 5.38 Å². The Bertz CT molecular complexity index is 402. The van der Waals surface area contributed by atoms with E-state index in [1.54, 1.807) is 11.3 Å². The van der Waals surface area contributed by atoms with Crippen LogP contribution in [0.4, 0.5) is 5.13 Å². The summed E-state index contributed by atoms with van der Waals surface area (Å²) in [6.45, 7) is 4.47. The van der Waals surface area contributed by atoms with E-state index in [2.05, 4.69) is 19.9 Å². The van der Waals surface area contributed by atoms with Crippen molar-refractivity contribution in [2.45, 2.75) is 25.7 Å². The largest absolute Gasteiger partial charge is 0.469 e. The predicted molar refractivity (Wildman–Crippen MR) is 76.6 cm³/mol. The molecule has 1 aliphatic heterocycles. The molecule has 0 aliphatic carbocycles. The van der Waals surface area contributed by atoms with Gasteiger partial charge in [0.25, 0.3) is 0 Å². The molecule has 5 nitrogen and oxygen atoms in total. The van der Waals surface area contributed by atoms with E-state index in [0.717, 1.165) is 23.9 Å². The Morgan fingerprint density at radius 3 is 3.05 bits per heavy atom. The number of rotatable bonds is 7. The van der Waals surface area contributed by atoms with Crippen LogP contribution >= 0.6 is 11.3 Å². The second kappa shape index (κ2) is 7.45. The molecule has 0 saturated carbocycles. The summed E-state index contributed by atoms with van der Waals surface area (Å²) in [6.07, 6.45) is 3.70. The SMILES string of the molecule is COC(=O)CCc1csc(NCCN2CCCC2)n1. The van der Waals surface area contributed by atoms with Crippen LogP contribution in [0.3, 0.4) is 0 Å². The minimum atomic E-state index is -0.184. The first kappa shape index (κ1) is 14.3. The summed E-state index contributed by atoms with van der Waals surface area (Å²) in [5.74, 6) is -0.184. The van der Waals surface area contributed by atoms with Crippen molar-refractivity contribution >= 4 is 22.4 Å². The Kier molecular flexibility index (Phi) is 5.60. The lowest BCUT2D eigenvalue weighted by Gasteiger charge is -2.14. The average Bonchev–Trinajstić information content (AvgIpc) is 3.07. The maximum atomic E-state index is 11.0. The number of thiazole rings is 1. The van der Waals surface area contributed by atoms with Gasteiger partial charge in [-0.3, -0.25) is 4.79 Å². The number of hydrogen-bond donors (Lipinski definition) is 1. The van der Waals surface area contributed by atoms with Crippen molar-refractivity contribution in [3.8, 4) is 0 Å². The third kappa shape index (κ3) is 4.80. The van der Waals surface area contributed by atoms with Crippen molar-refractivity contribution in [3.05, 3.63) is 11.1 Å². The highest BCUT2D eigenvalue weighted by atomic mass is 32.1. The van der Waals surface area contributed by atoms with E-state index in [0.29, 0.717) is 12.8 Å². The topological polar surface area (TPSA) is 54.5 Å². The first-order chi connectivity index (χ1) is 9.28. The molecule has 0 aromatic carbocycles. The lowest BCUT2D eigenvalue weighted by molar-refractivity contribution is -0.140. The van der Waals surface area contributed by atoms with Crippen LogP contribution in [-0.4, -0.2) is 49.1 Å². The van der Waals surface area contributed by atoms with Gasteiger partial charge in [0.2, 0.25) is 0 Å². The standard InChI is InChI=1S/C13H21N3O2S/c1-18-12(17)5-4-11-10-19-13(15-11)14-6-9-16-7-2-3-8-16/h10H,2-9H2,1H3,(H,14,15). The fourth-order valence-corrected chi connectivity index (χ4v) is 2.94. The van der Waals surface area contributed by atoms with Crippen molar-refractivity contribution in [1.29, 1.82) is 0 Å². The fourth-order valence-electron chi connectivity index (χ4n) is 2.16. The van der Waals surface area contributed by atoms with Crippen LogP contribution in [0.25, 0.3) is 0 Å². The molecule has 0 bridgehead atoms. The van der Waals surface area contributed by atoms with E-state index >= 15 is 0 Å². The minimum Gasteiger partial charge on any atom is -0.469 e. The quantitative estimate of drug-likeness (QED) is 0.773. The number of anilines is 1. The summed E-state index contributed by atoms with van der Waals surface area (Å²) in [6, 6.07) is 0. The molecule has 2 rings (SSSR count). The number of ether oxygens (including phenoxy) is 1. The van der Waals surface area contributed by atoms with Crippen molar-refractivity contribution in [3.63, 3.8) is 0 Å². The highest BCUT2D eigenvalue weighted by Crippen LogP contribution is 2.16. The summed E-state index contributed by atoms with van der Waals surface area (Å²) < 4.78 is 4.62. The van der Waals surface area contributed by atoms with Crippen LogP contribution in [0.2, 0.25) is 0 Å². The van der Waals surface area contributed by atoms with Gasteiger partial charge in [0, 0.05) is 24.9 Å². The van der Waals surface area contributed by atoms with E-state index in [4.69, 9.17) is 0 Å². The number of esters is 1. The molecule has 0 spiro atoms. The van der Waals surface area contributed by atoms with Gasteiger partial charge >= 0.3 is 5.97 Å². The van der Waals surface area contributed by atoms with Gasteiger partial charge in [-0.1, -0.05) is 0 Å². The second-order valence-corrected chi connectivity index (χ2v) is 5.55. The van der Waals surface area contributed by atoms with Crippen LogP contribution in [0, 0.1) is 0 Å². The molecule has 1 saturated heterocycles. The van der Waals surface area contributed by atoms with Gasteiger partial charge in [-0.25, -0.2) is 4.98 Å². The number of carbonyl (C=O) groups is 1. The maximum Gasteiger partial charge on any atom is 0.305 e. The molecule has 0 unspecified atom stereocenters. The molecule has 0 radical (unpaired) electrons. The zero-order chi connectivity index (χ0) is 13.5. The van der Waals surface area contributed by atoms with E-state index in [9.17, 15) is 4.79 Å². The third-order valence-electron chi connectivity index (χ3n) is 3.27. The Morgan fingerprint density at radius 2 is 2.32 bits per heavy atom. The number of likely N-dealkylation sites (tertiary alicyclic amines) is 1. The molecule has 6 heteroatoms. The molecule has 1 aromatic heterocycles. The number of methoxy groups -OCH3 is 1. The molecule has 2 heterocycles. The molecule has 106 valence electrons. The molecular formula is C13H21N3O2S. The van der Waals surface area contributed by atoms with E-state index in [1.807, 2.05) is 5.38 Å². The molecule has 0 atom stereocenters. The second-order valence-electron chi connectivity index (χ2n) is 4.70. The summed E-state index contributed by atoms with van der Waals surface area (Å²) in [5, 5.41) is 6.29. The number of aryl methyl sites for hydroxylation is 1. The van der Waals surface area contributed by atoms with Crippen LogP contribution in [0.1, 0.15) is 25.0 Å². The number of aromatic nitrogens is 1. The molecule has 1 aromatic rings. The first-order valence-electron chi connectivity index (χ1n) is 6.75. The molecular weight excluding hydrogens is 262 g/mol. The monoisotopic (exact) mass is 283 g/mol. The van der Waals surface area contributed by atoms with Crippen molar-refractivity contribution < 1.29 is 9.53 Å². The number of nitrogens with one attached hydrogen (secondary N) is 1. The van der Waals surface area contributed by atoms with Gasteiger partial charge in [0.1, 0.15) is 0 Å². The fraction of sp³-hybridized carbons (Fsp3) is 0.692. The Morgan fingerprint density at radius 1 is 1.53 bits per heavy atom. The van der Waals surface area contributed by atoms with E-state index < -0.39 is 0 Å². The van der Waals surface area contributed by atoms with Crippen LogP contribution in [0.5, 0.6) is 0 Å². The smallest absolute Gasteiger partial charge is 0.305 e. The van der Waals surface area contributed by atoms with Gasteiger partial charge in [-0.2, -0.15) is 0 Å². The maximum absolute atomic E-state index is 11.0.